The summed E-state index contributed by atoms with van der Waals surface area (Å²) < 4.78 is 4.93. The molecule has 3 nitrogen and oxygen atoms in total. The van der Waals surface area contributed by atoms with Crippen LogP contribution in [0.25, 0.3) is 12.2 Å². The predicted octanol–water partition coefficient (Wildman–Crippen LogP) is 3.85. The quantitative estimate of drug-likeness (QED) is 0.803. The van der Waals surface area contributed by atoms with Gasteiger partial charge < -0.3 is 4.74 Å². The van der Waals surface area contributed by atoms with Gasteiger partial charge in [-0.2, -0.15) is 0 Å². The Balaban J connectivity index is 0.00000200. The Morgan fingerprint density at radius 1 is 1.05 bits per heavy atom. The molecule has 2 rings (SSSR count). The SMILES string of the molecule is CCOC(=O)c1ccc(C=Cc2ccncc2)cc1.Cl. The van der Waals surface area contributed by atoms with Gasteiger partial charge in [0.15, 0.2) is 0 Å². The van der Waals surface area contributed by atoms with Crippen molar-refractivity contribution in [3.8, 4) is 0 Å². The van der Waals surface area contributed by atoms with E-state index in [9.17, 15) is 4.79 Å². The highest BCUT2D eigenvalue weighted by atomic mass is 35.5. The second kappa shape index (κ2) is 8.12. The molecule has 20 heavy (non-hydrogen) atoms. The highest BCUT2D eigenvalue weighted by Gasteiger charge is 2.04. The van der Waals surface area contributed by atoms with Crippen LogP contribution in [0.5, 0.6) is 0 Å². The Hall–Kier alpha value is -2.13. The summed E-state index contributed by atoms with van der Waals surface area (Å²) in [5, 5.41) is 0. The largest absolute Gasteiger partial charge is 0.462 e. The molecule has 4 heteroatoms. The van der Waals surface area contributed by atoms with Crippen LogP contribution in [0.15, 0.2) is 48.8 Å². The number of pyridine rings is 1. The number of nitrogens with zero attached hydrogens (tertiary/aromatic N) is 1. The minimum absolute atomic E-state index is 0. The minimum Gasteiger partial charge on any atom is -0.462 e. The van der Waals surface area contributed by atoms with E-state index < -0.39 is 0 Å². The van der Waals surface area contributed by atoms with E-state index >= 15 is 0 Å². The zero-order valence-electron chi connectivity index (χ0n) is 11.2. The van der Waals surface area contributed by atoms with Gasteiger partial charge in [-0.1, -0.05) is 24.3 Å². The van der Waals surface area contributed by atoms with Crippen molar-refractivity contribution in [3.63, 3.8) is 0 Å². The van der Waals surface area contributed by atoms with Crippen LogP contribution in [-0.2, 0) is 4.74 Å². The van der Waals surface area contributed by atoms with Crippen LogP contribution in [0, 0.1) is 0 Å². The minimum atomic E-state index is -0.285. The van der Waals surface area contributed by atoms with E-state index in [-0.39, 0.29) is 18.4 Å². The lowest BCUT2D eigenvalue weighted by Gasteiger charge is -2.01. The lowest BCUT2D eigenvalue weighted by Crippen LogP contribution is -2.03. The van der Waals surface area contributed by atoms with Crippen molar-refractivity contribution in [2.75, 3.05) is 6.61 Å². The van der Waals surface area contributed by atoms with Gasteiger partial charge >= 0.3 is 5.97 Å². The van der Waals surface area contributed by atoms with Crippen molar-refractivity contribution in [2.45, 2.75) is 6.92 Å². The lowest BCUT2D eigenvalue weighted by molar-refractivity contribution is 0.0526. The summed E-state index contributed by atoms with van der Waals surface area (Å²) >= 11 is 0. The van der Waals surface area contributed by atoms with Gasteiger partial charge in [0.1, 0.15) is 0 Å². The number of halogens is 1. The first-order chi connectivity index (χ1) is 9.29. The van der Waals surface area contributed by atoms with Crippen LogP contribution in [0.3, 0.4) is 0 Å². The maximum absolute atomic E-state index is 11.5. The molecule has 0 fully saturated rings. The molecule has 0 unspecified atom stereocenters. The topological polar surface area (TPSA) is 39.2 Å². The molecule has 0 spiro atoms. The number of carbonyl (C=O) groups excluding carboxylic acids is 1. The van der Waals surface area contributed by atoms with Gasteiger partial charge in [0.25, 0.3) is 0 Å². The molecule has 0 aliphatic heterocycles. The molecule has 0 saturated carbocycles. The maximum atomic E-state index is 11.5. The van der Waals surface area contributed by atoms with Crippen molar-refractivity contribution in [2.24, 2.45) is 0 Å². The number of aromatic nitrogens is 1. The first-order valence-electron chi connectivity index (χ1n) is 6.15. The van der Waals surface area contributed by atoms with E-state index in [4.69, 9.17) is 4.74 Å². The van der Waals surface area contributed by atoms with Gasteiger partial charge in [-0.15, -0.1) is 12.4 Å². The maximum Gasteiger partial charge on any atom is 0.338 e. The van der Waals surface area contributed by atoms with Crippen LogP contribution in [0.4, 0.5) is 0 Å². The molecule has 0 amide bonds. The summed E-state index contributed by atoms with van der Waals surface area (Å²) in [4.78, 5) is 15.5. The fourth-order valence-corrected chi connectivity index (χ4v) is 1.61. The average molecular weight is 290 g/mol. The smallest absolute Gasteiger partial charge is 0.338 e. The Kier molecular flexibility index (Phi) is 6.47. The fraction of sp³-hybridized carbons (Fsp3) is 0.125. The molecule has 1 heterocycles. The van der Waals surface area contributed by atoms with E-state index in [0.29, 0.717) is 12.2 Å². The van der Waals surface area contributed by atoms with E-state index in [0.717, 1.165) is 11.1 Å². The van der Waals surface area contributed by atoms with Gasteiger partial charge in [-0.25, -0.2) is 4.79 Å². The van der Waals surface area contributed by atoms with Gasteiger partial charge in [-0.3, -0.25) is 4.98 Å². The van der Waals surface area contributed by atoms with Crippen molar-refractivity contribution in [1.29, 1.82) is 0 Å². The number of benzene rings is 1. The molecule has 0 aliphatic carbocycles. The highest BCUT2D eigenvalue weighted by Crippen LogP contribution is 2.10. The Labute approximate surface area is 124 Å². The van der Waals surface area contributed by atoms with Gasteiger partial charge in [0.05, 0.1) is 12.2 Å². The van der Waals surface area contributed by atoms with Crippen LogP contribution < -0.4 is 0 Å². The predicted molar refractivity (Wildman–Crippen MR) is 82.8 cm³/mol. The standard InChI is InChI=1S/C16H15NO2.ClH/c1-2-19-16(18)15-7-5-13(6-8-15)3-4-14-9-11-17-12-10-14;/h3-12H,2H2,1H3;1H. The number of hydrogen-bond donors (Lipinski definition) is 0. The third-order valence-electron chi connectivity index (χ3n) is 2.60. The summed E-state index contributed by atoms with van der Waals surface area (Å²) in [5.41, 5.74) is 2.69. The molecule has 0 aliphatic rings. The monoisotopic (exact) mass is 289 g/mol. The molecule has 0 atom stereocenters. The van der Waals surface area contributed by atoms with Crippen molar-refractivity contribution in [3.05, 3.63) is 65.5 Å². The summed E-state index contributed by atoms with van der Waals surface area (Å²) in [6.07, 6.45) is 7.50. The van der Waals surface area contributed by atoms with Gasteiger partial charge in [0.2, 0.25) is 0 Å². The number of carbonyl (C=O) groups is 1. The number of rotatable bonds is 4. The molecule has 1 aromatic heterocycles. The summed E-state index contributed by atoms with van der Waals surface area (Å²) in [6, 6.07) is 11.2. The summed E-state index contributed by atoms with van der Waals surface area (Å²) in [5.74, 6) is -0.285. The van der Waals surface area contributed by atoms with Gasteiger partial charge in [-0.05, 0) is 42.3 Å². The molecule has 2 aromatic rings. The zero-order chi connectivity index (χ0) is 13.5. The van der Waals surface area contributed by atoms with Crippen LogP contribution in [0.2, 0.25) is 0 Å². The Bertz CT molecular complexity index is 565. The van der Waals surface area contributed by atoms with Crippen LogP contribution >= 0.6 is 12.4 Å². The highest BCUT2D eigenvalue weighted by molar-refractivity contribution is 5.89. The van der Waals surface area contributed by atoms with Gasteiger partial charge in [0, 0.05) is 12.4 Å². The lowest BCUT2D eigenvalue weighted by atomic mass is 10.1. The van der Waals surface area contributed by atoms with E-state index in [2.05, 4.69) is 4.98 Å². The molecular formula is C16H16ClNO2. The zero-order valence-corrected chi connectivity index (χ0v) is 12.0. The number of hydrogen-bond acceptors (Lipinski definition) is 3. The molecule has 104 valence electrons. The Morgan fingerprint density at radius 3 is 2.15 bits per heavy atom. The fourth-order valence-electron chi connectivity index (χ4n) is 1.61. The summed E-state index contributed by atoms with van der Waals surface area (Å²) in [6.45, 7) is 2.19. The second-order valence-corrected chi connectivity index (χ2v) is 3.96. The first kappa shape index (κ1) is 15.9. The van der Waals surface area contributed by atoms with E-state index in [1.807, 2.05) is 36.4 Å². The molecule has 0 bridgehead atoms. The summed E-state index contributed by atoms with van der Waals surface area (Å²) in [7, 11) is 0. The molecule has 0 saturated heterocycles. The van der Waals surface area contributed by atoms with Crippen molar-refractivity contribution < 1.29 is 9.53 Å². The van der Waals surface area contributed by atoms with Crippen molar-refractivity contribution in [1.82, 2.24) is 4.98 Å². The molecule has 0 N–H and O–H groups in total. The van der Waals surface area contributed by atoms with E-state index in [1.165, 1.54) is 0 Å². The first-order valence-corrected chi connectivity index (χ1v) is 6.15. The number of esters is 1. The number of ether oxygens (including phenoxy) is 1. The van der Waals surface area contributed by atoms with E-state index in [1.54, 1.807) is 31.5 Å². The van der Waals surface area contributed by atoms with Crippen LogP contribution in [-0.4, -0.2) is 17.6 Å². The Morgan fingerprint density at radius 2 is 1.60 bits per heavy atom. The normalized spacial score (nSPS) is 10.1. The molecular weight excluding hydrogens is 274 g/mol. The third kappa shape index (κ3) is 4.52. The van der Waals surface area contributed by atoms with Crippen molar-refractivity contribution >= 4 is 30.5 Å². The van der Waals surface area contributed by atoms with Crippen LogP contribution in [0.1, 0.15) is 28.4 Å². The molecule has 1 aromatic carbocycles. The average Bonchev–Trinajstić information content (AvgIpc) is 2.47. The second-order valence-electron chi connectivity index (χ2n) is 3.96. The molecule has 0 radical (unpaired) electrons. The third-order valence-corrected chi connectivity index (χ3v) is 2.60.